The summed E-state index contributed by atoms with van der Waals surface area (Å²) >= 11 is 2.00. The molecule has 268 valence electrons. The Balaban J connectivity index is 1.46. The van der Waals surface area contributed by atoms with Gasteiger partial charge in [0.1, 0.15) is 0 Å². The van der Waals surface area contributed by atoms with Crippen molar-refractivity contribution in [3.8, 4) is 5.69 Å². The molecule has 5 aromatic carbocycles. The molecule has 0 N–H and O–H groups in total. The second-order valence-electron chi connectivity index (χ2n) is 20.1. The van der Waals surface area contributed by atoms with Gasteiger partial charge in [-0.3, -0.25) is 0 Å². The van der Waals surface area contributed by atoms with Gasteiger partial charge in [-0.2, -0.15) is 0 Å². The van der Waals surface area contributed by atoms with Crippen molar-refractivity contribution in [1.29, 1.82) is 0 Å². The maximum absolute atomic E-state index is 2.62. The molecular formula is C49H53BN2S. The molecule has 4 heteroatoms. The van der Waals surface area contributed by atoms with Gasteiger partial charge in [0.25, 0.3) is 6.71 Å². The average Bonchev–Trinajstić information content (AvgIpc) is 3.60. The number of nitrogens with zero attached hydrogens (tertiary/aromatic N) is 2. The van der Waals surface area contributed by atoms with Crippen LogP contribution in [0.5, 0.6) is 0 Å². The Morgan fingerprint density at radius 2 is 1.08 bits per heavy atom. The fourth-order valence-electron chi connectivity index (χ4n) is 8.90. The van der Waals surface area contributed by atoms with Crippen LogP contribution in [0.3, 0.4) is 0 Å². The van der Waals surface area contributed by atoms with Crippen molar-refractivity contribution in [1.82, 2.24) is 4.57 Å². The molecule has 0 aliphatic carbocycles. The molecule has 9 rings (SSSR count). The monoisotopic (exact) mass is 712 g/mol. The van der Waals surface area contributed by atoms with Gasteiger partial charge in [0.2, 0.25) is 0 Å². The Bertz CT molecular complexity index is 2660. The first-order valence-electron chi connectivity index (χ1n) is 19.5. The van der Waals surface area contributed by atoms with Crippen LogP contribution in [0.25, 0.3) is 37.6 Å². The normalized spacial score (nSPS) is 14.4. The van der Waals surface area contributed by atoms with Gasteiger partial charge in [-0.1, -0.05) is 113 Å². The van der Waals surface area contributed by atoms with E-state index < -0.39 is 0 Å². The van der Waals surface area contributed by atoms with Crippen LogP contribution in [-0.4, -0.2) is 11.3 Å². The topological polar surface area (TPSA) is 8.17 Å². The van der Waals surface area contributed by atoms with Gasteiger partial charge in [-0.25, -0.2) is 0 Å². The molecule has 0 spiro atoms. The van der Waals surface area contributed by atoms with Crippen molar-refractivity contribution in [2.45, 2.75) is 112 Å². The maximum atomic E-state index is 2.62. The Morgan fingerprint density at radius 1 is 0.528 bits per heavy atom. The zero-order chi connectivity index (χ0) is 37.7. The molecule has 4 heterocycles. The van der Waals surface area contributed by atoms with Gasteiger partial charge in [0.15, 0.2) is 0 Å². The van der Waals surface area contributed by atoms with E-state index >= 15 is 0 Å². The van der Waals surface area contributed by atoms with Crippen LogP contribution < -0.4 is 20.6 Å². The molecule has 0 saturated carbocycles. The molecule has 0 bridgehead atoms. The average molecular weight is 713 g/mol. The quantitative estimate of drug-likeness (QED) is 0.154. The van der Waals surface area contributed by atoms with Crippen molar-refractivity contribution in [3.05, 3.63) is 113 Å². The summed E-state index contributed by atoms with van der Waals surface area (Å²) in [5, 5.41) is 4.09. The van der Waals surface area contributed by atoms with E-state index in [2.05, 4.69) is 184 Å². The summed E-state index contributed by atoms with van der Waals surface area (Å²) < 4.78 is 5.43. The molecule has 7 aromatic rings. The van der Waals surface area contributed by atoms with E-state index in [0.29, 0.717) is 0 Å². The second kappa shape index (κ2) is 10.9. The number of aryl methyl sites for hydroxylation is 1. The van der Waals surface area contributed by atoms with E-state index in [1.807, 2.05) is 11.3 Å². The molecule has 53 heavy (non-hydrogen) atoms. The molecule has 2 nitrogen and oxygen atoms in total. The number of aromatic nitrogens is 1. The van der Waals surface area contributed by atoms with Crippen LogP contribution in [0, 0.1) is 6.92 Å². The smallest absolute Gasteiger partial charge is 0.264 e. The van der Waals surface area contributed by atoms with Gasteiger partial charge in [-0.05, 0) is 122 Å². The third kappa shape index (κ3) is 5.11. The van der Waals surface area contributed by atoms with Crippen molar-refractivity contribution in [3.63, 3.8) is 0 Å². The lowest BCUT2D eigenvalue weighted by molar-refractivity contribution is 0.590. The molecule has 0 saturated heterocycles. The minimum Gasteiger partial charge on any atom is -0.310 e. The first kappa shape index (κ1) is 34.5. The van der Waals surface area contributed by atoms with Crippen LogP contribution >= 0.6 is 11.3 Å². The second-order valence-corrected chi connectivity index (χ2v) is 21.2. The van der Waals surface area contributed by atoms with Crippen molar-refractivity contribution in [2.75, 3.05) is 4.90 Å². The molecule has 2 aromatic heterocycles. The number of thiophene rings is 1. The first-order chi connectivity index (χ1) is 24.7. The minimum atomic E-state index is -0.00274. The zero-order valence-electron chi connectivity index (χ0n) is 34.0. The zero-order valence-corrected chi connectivity index (χ0v) is 34.8. The fourth-order valence-corrected chi connectivity index (χ4v) is 10.2. The summed E-state index contributed by atoms with van der Waals surface area (Å²) in [6.07, 6.45) is 0. The summed E-state index contributed by atoms with van der Waals surface area (Å²) in [7, 11) is 0. The molecule has 0 unspecified atom stereocenters. The predicted octanol–water partition coefficient (Wildman–Crippen LogP) is 12.1. The highest BCUT2D eigenvalue weighted by atomic mass is 32.1. The standard InChI is InChI=1S/C49H53BN2S/c1-28-22-39-42-40(23-28)52-38-20-16-30(47(5,6)7)24-34(38)35-26-32(49(11,12)13)27-37(43(35)52)50(42)45-44(36-25-31(48(8,9)10)17-21-41(36)53-45)51(39)33-18-14-29(15-19-33)46(2,3)4/h14-27H,1-13H3. The third-order valence-electron chi connectivity index (χ3n) is 12.0. The summed E-state index contributed by atoms with van der Waals surface area (Å²) in [6, 6.07) is 33.9. The van der Waals surface area contributed by atoms with Crippen LogP contribution in [0.2, 0.25) is 0 Å². The molecule has 2 aliphatic rings. The van der Waals surface area contributed by atoms with Gasteiger partial charge in [0, 0.05) is 48.2 Å². The van der Waals surface area contributed by atoms with Crippen molar-refractivity contribution < 1.29 is 0 Å². The van der Waals surface area contributed by atoms with Crippen LogP contribution in [-0.2, 0) is 21.7 Å². The molecule has 0 atom stereocenters. The predicted molar refractivity (Wildman–Crippen MR) is 235 cm³/mol. The molecule has 0 radical (unpaired) electrons. The number of fused-ring (bicyclic) bond motifs is 9. The maximum Gasteiger partial charge on any atom is 0.264 e. The Hall–Kier alpha value is -4.28. The number of rotatable bonds is 1. The summed E-state index contributed by atoms with van der Waals surface area (Å²) in [6.45, 7) is 30.4. The lowest BCUT2D eigenvalue weighted by atomic mass is 9.36. The van der Waals surface area contributed by atoms with Gasteiger partial charge in [0.05, 0.1) is 11.2 Å². The van der Waals surface area contributed by atoms with E-state index in [4.69, 9.17) is 0 Å². The molecule has 0 fully saturated rings. The first-order valence-corrected chi connectivity index (χ1v) is 20.3. The summed E-state index contributed by atoms with van der Waals surface area (Å²) in [4.78, 5) is 2.62. The SMILES string of the molecule is Cc1cc2c3c(c1)-n1c4ccc(C(C)(C)C)cc4c4cc(C(C)(C)C)cc(c41)B3c1sc3ccc(C(C)(C)C)cc3c1N2c1ccc(C(C)(C)C)cc1. The van der Waals surface area contributed by atoms with E-state index in [-0.39, 0.29) is 28.4 Å². The van der Waals surface area contributed by atoms with Crippen LogP contribution in [0.4, 0.5) is 17.1 Å². The summed E-state index contributed by atoms with van der Waals surface area (Å²) in [5.41, 5.74) is 17.7. The Kier molecular flexibility index (Phi) is 7.10. The van der Waals surface area contributed by atoms with E-state index in [9.17, 15) is 0 Å². The largest absolute Gasteiger partial charge is 0.310 e. The lowest BCUT2D eigenvalue weighted by Crippen LogP contribution is -2.59. The van der Waals surface area contributed by atoms with E-state index in [1.165, 1.54) is 98.2 Å². The van der Waals surface area contributed by atoms with Gasteiger partial charge in [-0.15, -0.1) is 11.3 Å². The Labute approximate surface area is 320 Å². The van der Waals surface area contributed by atoms with Gasteiger partial charge < -0.3 is 9.47 Å². The third-order valence-corrected chi connectivity index (χ3v) is 13.2. The van der Waals surface area contributed by atoms with Crippen molar-refractivity contribution in [2.24, 2.45) is 0 Å². The lowest BCUT2D eigenvalue weighted by Gasteiger charge is -2.39. The molecular weight excluding hydrogens is 659 g/mol. The number of hydrogen-bond acceptors (Lipinski definition) is 2. The summed E-state index contributed by atoms with van der Waals surface area (Å²) in [5.74, 6) is 0. The number of anilines is 3. The molecule has 0 amide bonds. The van der Waals surface area contributed by atoms with Gasteiger partial charge >= 0.3 is 0 Å². The fraction of sp³-hybridized carbons (Fsp3) is 0.347. The van der Waals surface area contributed by atoms with Crippen LogP contribution in [0.1, 0.15) is 111 Å². The highest BCUT2D eigenvalue weighted by Gasteiger charge is 2.45. The highest BCUT2D eigenvalue weighted by molar-refractivity contribution is 7.33. The number of hydrogen-bond donors (Lipinski definition) is 0. The van der Waals surface area contributed by atoms with E-state index in [1.54, 1.807) is 0 Å². The number of benzene rings is 5. The molecule has 2 aliphatic heterocycles. The van der Waals surface area contributed by atoms with E-state index in [0.717, 1.165) is 0 Å². The highest BCUT2D eigenvalue weighted by Crippen LogP contribution is 2.48. The minimum absolute atomic E-state index is 0.00274. The van der Waals surface area contributed by atoms with Crippen LogP contribution in [0.15, 0.2) is 84.9 Å². The Morgan fingerprint density at radius 3 is 1.70 bits per heavy atom. The van der Waals surface area contributed by atoms with Crippen molar-refractivity contribution >= 4 is 82.7 Å².